The smallest absolute Gasteiger partial charge is 0.137 e. The molecule has 100 valence electrons. The molecule has 0 N–H and O–H groups in total. The van der Waals surface area contributed by atoms with Gasteiger partial charge in [-0.05, 0) is 39.7 Å². The lowest BCUT2D eigenvalue weighted by Gasteiger charge is -2.08. The highest BCUT2D eigenvalue weighted by Gasteiger charge is 2.04. The minimum Gasteiger partial charge on any atom is -0.491 e. The Morgan fingerprint density at radius 2 is 1.74 bits per heavy atom. The Kier molecular flexibility index (Phi) is 5.36. The highest BCUT2D eigenvalue weighted by molar-refractivity contribution is 9.10. The monoisotopic (exact) mass is 324 g/mol. The van der Waals surface area contributed by atoms with E-state index in [0.717, 1.165) is 11.3 Å². The van der Waals surface area contributed by atoms with Gasteiger partial charge in [-0.2, -0.15) is 0 Å². The molecule has 0 saturated heterocycles. The van der Waals surface area contributed by atoms with Crippen molar-refractivity contribution >= 4 is 15.9 Å². The third kappa shape index (κ3) is 4.33. The van der Waals surface area contributed by atoms with Gasteiger partial charge >= 0.3 is 0 Å². The minimum atomic E-state index is -0.276. The predicted octanol–water partition coefficient (Wildman–Crippen LogP) is 4.18. The van der Waals surface area contributed by atoms with Gasteiger partial charge in [-0.15, -0.1) is 0 Å². The molecule has 2 aromatic rings. The predicted molar refractivity (Wildman–Crippen MR) is 75.7 cm³/mol. The first-order chi connectivity index (χ1) is 9.27. The van der Waals surface area contributed by atoms with Crippen molar-refractivity contribution in [3.05, 3.63) is 64.4 Å². The maximum atomic E-state index is 13.2. The maximum Gasteiger partial charge on any atom is 0.137 e. The summed E-state index contributed by atoms with van der Waals surface area (Å²) in [7, 11) is 0. The second-order valence-corrected chi connectivity index (χ2v) is 4.72. The van der Waals surface area contributed by atoms with Crippen molar-refractivity contribution in [3.63, 3.8) is 0 Å². The fourth-order valence-electron chi connectivity index (χ4n) is 1.58. The number of halogens is 2. The fourth-order valence-corrected chi connectivity index (χ4v) is 1.96. The fraction of sp³-hybridized carbons (Fsp3) is 0.200. The summed E-state index contributed by atoms with van der Waals surface area (Å²) in [5.41, 5.74) is 0.791. The summed E-state index contributed by atoms with van der Waals surface area (Å²) >= 11 is 3.20. The quantitative estimate of drug-likeness (QED) is 0.742. The molecule has 0 atom stereocenters. The van der Waals surface area contributed by atoms with Crippen LogP contribution in [-0.4, -0.2) is 13.2 Å². The highest BCUT2D eigenvalue weighted by atomic mass is 79.9. The normalized spacial score (nSPS) is 10.4. The van der Waals surface area contributed by atoms with E-state index in [2.05, 4.69) is 15.9 Å². The van der Waals surface area contributed by atoms with Gasteiger partial charge in [-0.25, -0.2) is 4.39 Å². The van der Waals surface area contributed by atoms with Crippen LogP contribution in [0.5, 0.6) is 5.75 Å². The average Bonchev–Trinajstić information content (AvgIpc) is 2.44. The van der Waals surface area contributed by atoms with Gasteiger partial charge in [0.15, 0.2) is 0 Å². The van der Waals surface area contributed by atoms with Crippen LogP contribution in [0.3, 0.4) is 0 Å². The van der Waals surface area contributed by atoms with E-state index in [4.69, 9.17) is 9.47 Å². The lowest BCUT2D eigenvalue weighted by molar-refractivity contribution is 0.0884. The Balaban J connectivity index is 1.71. The highest BCUT2D eigenvalue weighted by Crippen LogP contribution is 2.20. The third-order valence-corrected chi connectivity index (χ3v) is 3.42. The van der Waals surface area contributed by atoms with E-state index >= 15 is 0 Å². The largest absolute Gasteiger partial charge is 0.491 e. The molecule has 0 saturated carbocycles. The molecule has 19 heavy (non-hydrogen) atoms. The summed E-state index contributed by atoms with van der Waals surface area (Å²) < 4.78 is 24.6. The van der Waals surface area contributed by atoms with Crippen molar-refractivity contribution in [2.24, 2.45) is 0 Å². The van der Waals surface area contributed by atoms with Crippen LogP contribution in [0.15, 0.2) is 53.0 Å². The molecule has 0 spiro atoms. The number of benzene rings is 2. The van der Waals surface area contributed by atoms with E-state index in [1.165, 1.54) is 6.07 Å². The van der Waals surface area contributed by atoms with E-state index < -0.39 is 0 Å². The van der Waals surface area contributed by atoms with Crippen LogP contribution >= 0.6 is 15.9 Å². The van der Waals surface area contributed by atoms with E-state index in [-0.39, 0.29) is 5.82 Å². The Morgan fingerprint density at radius 1 is 0.947 bits per heavy atom. The molecule has 2 aromatic carbocycles. The molecule has 0 unspecified atom stereocenters. The Labute approximate surface area is 120 Å². The number of para-hydroxylation sites is 1. The van der Waals surface area contributed by atoms with E-state index in [9.17, 15) is 4.39 Å². The molecule has 0 amide bonds. The number of rotatable bonds is 6. The Hall–Kier alpha value is -1.39. The summed E-state index contributed by atoms with van der Waals surface area (Å²) in [4.78, 5) is 0. The van der Waals surface area contributed by atoms with Gasteiger partial charge in [0.05, 0.1) is 17.7 Å². The summed E-state index contributed by atoms with van der Waals surface area (Å²) in [6.45, 7) is 1.28. The Bertz CT molecular complexity index is 517. The number of hydrogen-bond acceptors (Lipinski definition) is 2. The standard InChI is InChI=1S/C15H14BrFO2/c16-15-12(5-4-8-14(15)17)11-18-9-10-19-13-6-2-1-3-7-13/h1-8H,9-11H2. The van der Waals surface area contributed by atoms with E-state index in [1.54, 1.807) is 6.07 Å². The molecular formula is C15H14BrFO2. The summed E-state index contributed by atoms with van der Waals surface area (Å²) in [5, 5.41) is 0. The van der Waals surface area contributed by atoms with E-state index in [1.807, 2.05) is 36.4 Å². The molecule has 0 fully saturated rings. The molecular weight excluding hydrogens is 311 g/mol. The maximum absolute atomic E-state index is 13.2. The topological polar surface area (TPSA) is 18.5 Å². The average molecular weight is 325 g/mol. The van der Waals surface area contributed by atoms with E-state index in [0.29, 0.717) is 24.3 Å². The SMILES string of the molecule is Fc1cccc(COCCOc2ccccc2)c1Br. The second kappa shape index (κ2) is 7.26. The number of ether oxygens (including phenoxy) is 2. The van der Waals surface area contributed by atoms with Crippen LogP contribution in [0, 0.1) is 5.82 Å². The van der Waals surface area contributed by atoms with Crippen molar-refractivity contribution in [2.45, 2.75) is 6.61 Å². The van der Waals surface area contributed by atoms with Crippen LogP contribution in [0.4, 0.5) is 4.39 Å². The zero-order chi connectivity index (χ0) is 13.5. The zero-order valence-electron chi connectivity index (χ0n) is 10.3. The molecule has 2 nitrogen and oxygen atoms in total. The third-order valence-electron chi connectivity index (χ3n) is 2.53. The molecule has 4 heteroatoms. The van der Waals surface area contributed by atoms with Gasteiger partial charge in [-0.1, -0.05) is 30.3 Å². The zero-order valence-corrected chi connectivity index (χ0v) is 11.9. The molecule has 0 heterocycles. The van der Waals surface area contributed by atoms with Gasteiger partial charge in [0.2, 0.25) is 0 Å². The van der Waals surface area contributed by atoms with Crippen molar-refractivity contribution in [2.75, 3.05) is 13.2 Å². The number of hydrogen-bond donors (Lipinski definition) is 0. The Morgan fingerprint density at radius 3 is 2.53 bits per heavy atom. The van der Waals surface area contributed by atoms with Crippen LogP contribution in [-0.2, 0) is 11.3 Å². The first-order valence-corrected chi connectivity index (χ1v) is 6.75. The first-order valence-electron chi connectivity index (χ1n) is 5.96. The van der Waals surface area contributed by atoms with Crippen LogP contribution in [0.2, 0.25) is 0 Å². The lowest BCUT2D eigenvalue weighted by Crippen LogP contribution is -2.07. The van der Waals surface area contributed by atoms with Crippen molar-refractivity contribution < 1.29 is 13.9 Å². The van der Waals surface area contributed by atoms with Crippen molar-refractivity contribution in [1.82, 2.24) is 0 Å². The molecule has 0 aliphatic heterocycles. The van der Waals surface area contributed by atoms with Crippen molar-refractivity contribution in [3.8, 4) is 5.75 Å². The molecule has 2 rings (SSSR count). The molecule has 0 aromatic heterocycles. The summed E-state index contributed by atoms with van der Waals surface area (Å²) in [6.07, 6.45) is 0. The lowest BCUT2D eigenvalue weighted by atomic mass is 10.2. The van der Waals surface area contributed by atoms with Crippen molar-refractivity contribution in [1.29, 1.82) is 0 Å². The molecule has 0 aliphatic carbocycles. The van der Waals surface area contributed by atoms with Crippen LogP contribution in [0.25, 0.3) is 0 Å². The van der Waals surface area contributed by atoms with Gasteiger partial charge in [-0.3, -0.25) is 0 Å². The summed E-state index contributed by atoms with van der Waals surface area (Å²) in [5.74, 6) is 0.541. The van der Waals surface area contributed by atoms with Gasteiger partial charge in [0.1, 0.15) is 18.2 Å². The van der Waals surface area contributed by atoms with Crippen LogP contribution < -0.4 is 4.74 Å². The first kappa shape index (κ1) is 14.0. The van der Waals surface area contributed by atoms with Gasteiger partial charge in [0, 0.05) is 0 Å². The molecule has 0 bridgehead atoms. The molecule has 0 aliphatic rings. The minimum absolute atomic E-state index is 0.276. The van der Waals surface area contributed by atoms with Crippen LogP contribution in [0.1, 0.15) is 5.56 Å². The second-order valence-electron chi connectivity index (χ2n) is 3.93. The molecule has 0 radical (unpaired) electrons. The van der Waals surface area contributed by atoms with Gasteiger partial charge < -0.3 is 9.47 Å². The van der Waals surface area contributed by atoms with Gasteiger partial charge in [0.25, 0.3) is 0 Å². The summed E-state index contributed by atoms with van der Waals surface area (Å²) in [6, 6.07) is 14.5.